The van der Waals surface area contributed by atoms with Gasteiger partial charge in [0.15, 0.2) is 11.6 Å². The number of anilines is 1. The van der Waals surface area contributed by atoms with Gasteiger partial charge in [0.2, 0.25) is 5.91 Å². The molecule has 0 aliphatic carbocycles. The molecule has 1 amide bonds. The zero-order valence-corrected chi connectivity index (χ0v) is 15.7. The zero-order valence-electron chi connectivity index (χ0n) is 15.7. The van der Waals surface area contributed by atoms with E-state index in [1.807, 2.05) is 23.0 Å². The van der Waals surface area contributed by atoms with Crippen molar-refractivity contribution in [3.05, 3.63) is 48.1 Å². The molecule has 8 heteroatoms. The highest BCUT2D eigenvalue weighted by atomic mass is 16.3. The molecule has 3 aromatic rings. The van der Waals surface area contributed by atoms with E-state index in [1.54, 1.807) is 18.7 Å². The van der Waals surface area contributed by atoms with Gasteiger partial charge in [-0.15, -0.1) is 0 Å². The monoisotopic (exact) mass is 378 g/mol. The van der Waals surface area contributed by atoms with E-state index in [9.17, 15) is 4.79 Å². The summed E-state index contributed by atoms with van der Waals surface area (Å²) >= 11 is 0. The Morgan fingerprint density at radius 1 is 1.18 bits per heavy atom. The molecule has 1 N–H and O–H groups in total. The first kappa shape index (κ1) is 17.1. The number of hydrogen-bond donors (Lipinski definition) is 1. The van der Waals surface area contributed by atoms with Gasteiger partial charge in [0.1, 0.15) is 5.82 Å². The number of amides is 1. The number of carbonyl (C=O) groups is 1. The summed E-state index contributed by atoms with van der Waals surface area (Å²) in [6.45, 7) is 2.08. The molecule has 0 aromatic carbocycles. The van der Waals surface area contributed by atoms with Gasteiger partial charge in [0.25, 0.3) is 0 Å². The van der Waals surface area contributed by atoms with Crippen LogP contribution in [0.5, 0.6) is 0 Å². The SMILES string of the molecule is CN1CCC(n2ncc3c2NC(=O)CC3c2cnc(-c3ccco3)nc2)CC1. The van der Waals surface area contributed by atoms with Gasteiger partial charge in [0, 0.05) is 30.3 Å². The van der Waals surface area contributed by atoms with Crippen molar-refractivity contribution < 1.29 is 9.21 Å². The largest absolute Gasteiger partial charge is 0.461 e. The molecule has 2 aliphatic rings. The number of piperidine rings is 1. The summed E-state index contributed by atoms with van der Waals surface area (Å²) in [5.41, 5.74) is 1.95. The first-order chi connectivity index (χ1) is 13.7. The summed E-state index contributed by atoms with van der Waals surface area (Å²) in [4.78, 5) is 23.6. The van der Waals surface area contributed by atoms with Crippen molar-refractivity contribution in [3.63, 3.8) is 0 Å². The molecule has 5 heterocycles. The van der Waals surface area contributed by atoms with Crippen LogP contribution < -0.4 is 5.32 Å². The van der Waals surface area contributed by atoms with E-state index in [2.05, 4.69) is 32.3 Å². The number of likely N-dealkylation sites (tertiary alicyclic amines) is 1. The summed E-state index contributed by atoms with van der Waals surface area (Å²) in [5.74, 6) is 1.91. The standard InChI is InChI=1S/C20H22N6O2/c1-25-6-4-14(5-7-25)26-20-16(12-23-26)15(9-18(27)24-20)13-10-21-19(22-11-13)17-3-2-8-28-17/h2-3,8,10-12,14-15H,4-7,9H2,1H3,(H,24,27). The Labute approximate surface area is 162 Å². The highest BCUT2D eigenvalue weighted by Gasteiger charge is 2.32. The quantitative estimate of drug-likeness (QED) is 0.754. The van der Waals surface area contributed by atoms with E-state index in [0.29, 0.717) is 24.0 Å². The average molecular weight is 378 g/mol. The van der Waals surface area contributed by atoms with Crippen LogP contribution in [0.25, 0.3) is 11.6 Å². The van der Waals surface area contributed by atoms with Crippen LogP contribution in [0.3, 0.4) is 0 Å². The highest BCUT2D eigenvalue weighted by Crippen LogP contribution is 2.39. The number of aromatic nitrogens is 4. The molecule has 0 radical (unpaired) electrons. The summed E-state index contributed by atoms with van der Waals surface area (Å²) < 4.78 is 7.35. The number of furan rings is 1. The normalized spacial score (nSPS) is 20.8. The van der Waals surface area contributed by atoms with E-state index in [4.69, 9.17) is 4.42 Å². The van der Waals surface area contributed by atoms with Crippen molar-refractivity contribution >= 4 is 11.7 Å². The number of carbonyl (C=O) groups excluding carboxylic acids is 1. The number of hydrogen-bond acceptors (Lipinski definition) is 6. The molecule has 3 aromatic heterocycles. The second-order valence-electron chi connectivity index (χ2n) is 7.55. The topological polar surface area (TPSA) is 89.1 Å². The van der Waals surface area contributed by atoms with Gasteiger partial charge in [-0.2, -0.15) is 5.10 Å². The Bertz CT molecular complexity index is 971. The van der Waals surface area contributed by atoms with Crippen molar-refractivity contribution in [1.29, 1.82) is 0 Å². The summed E-state index contributed by atoms with van der Waals surface area (Å²) in [5, 5.41) is 7.69. The number of nitrogens with one attached hydrogen (secondary N) is 1. The summed E-state index contributed by atoms with van der Waals surface area (Å²) in [6.07, 6.45) is 9.49. The van der Waals surface area contributed by atoms with Crippen LogP contribution in [0, 0.1) is 0 Å². The number of fused-ring (bicyclic) bond motifs is 1. The maximum Gasteiger partial charge on any atom is 0.226 e. The van der Waals surface area contributed by atoms with Gasteiger partial charge in [0.05, 0.1) is 18.5 Å². The predicted octanol–water partition coefficient (Wildman–Crippen LogP) is 2.67. The summed E-state index contributed by atoms with van der Waals surface area (Å²) in [6, 6.07) is 3.95. The molecule has 8 nitrogen and oxygen atoms in total. The van der Waals surface area contributed by atoms with Crippen molar-refractivity contribution in [3.8, 4) is 11.6 Å². The molecule has 28 heavy (non-hydrogen) atoms. The molecule has 1 atom stereocenters. The molecule has 1 unspecified atom stereocenters. The fourth-order valence-corrected chi connectivity index (χ4v) is 4.10. The van der Waals surface area contributed by atoms with Crippen molar-refractivity contribution in [2.75, 3.05) is 25.5 Å². The lowest BCUT2D eigenvalue weighted by molar-refractivity contribution is -0.116. The third kappa shape index (κ3) is 2.99. The Morgan fingerprint density at radius 2 is 1.96 bits per heavy atom. The minimum atomic E-state index is -0.0885. The molecule has 2 aliphatic heterocycles. The number of nitrogens with zero attached hydrogens (tertiary/aromatic N) is 5. The Hall–Kier alpha value is -3.00. The molecule has 5 rings (SSSR count). The fourth-order valence-electron chi connectivity index (χ4n) is 4.10. The van der Waals surface area contributed by atoms with Gasteiger partial charge in [-0.05, 0) is 50.7 Å². The van der Waals surface area contributed by atoms with Crippen molar-refractivity contribution in [2.45, 2.75) is 31.2 Å². The van der Waals surface area contributed by atoms with Gasteiger partial charge in [-0.3, -0.25) is 4.79 Å². The smallest absolute Gasteiger partial charge is 0.226 e. The third-order valence-electron chi connectivity index (χ3n) is 5.70. The van der Waals surface area contributed by atoms with Gasteiger partial charge in [-0.25, -0.2) is 14.6 Å². The summed E-state index contributed by atoms with van der Waals surface area (Å²) in [7, 11) is 2.14. The highest BCUT2D eigenvalue weighted by molar-refractivity contribution is 5.94. The Morgan fingerprint density at radius 3 is 2.68 bits per heavy atom. The fraction of sp³-hybridized carbons (Fsp3) is 0.400. The zero-order chi connectivity index (χ0) is 19.1. The molecule has 144 valence electrons. The molecule has 0 saturated carbocycles. The minimum Gasteiger partial charge on any atom is -0.461 e. The lowest BCUT2D eigenvalue weighted by atomic mass is 9.89. The van der Waals surface area contributed by atoms with E-state index in [1.165, 1.54) is 0 Å². The second-order valence-corrected chi connectivity index (χ2v) is 7.55. The van der Waals surface area contributed by atoms with E-state index in [-0.39, 0.29) is 11.8 Å². The lowest BCUT2D eigenvalue weighted by Crippen LogP contribution is -2.33. The second kappa shape index (κ2) is 6.87. The molecule has 1 saturated heterocycles. The molecule has 1 fully saturated rings. The predicted molar refractivity (Wildman–Crippen MR) is 103 cm³/mol. The molecular formula is C20H22N6O2. The minimum absolute atomic E-state index is 0.00212. The van der Waals surface area contributed by atoms with Gasteiger partial charge in [-0.1, -0.05) is 0 Å². The van der Waals surface area contributed by atoms with Crippen molar-refractivity contribution in [1.82, 2.24) is 24.6 Å². The van der Waals surface area contributed by atoms with Crippen molar-refractivity contribution in [2.24, 2.45) is 0 Å². The van der Waals surface area contributed by atoms with Crippen LogP contribution >= 0.6 is 0 Å². The van der Waals surface area contributed by atoms with Gasteiger partial charge >= 0.3 is 0 Å². The van der Waals surface area contributed by atoms with Crippen LogP contribution in [0.1, 0.15) is 42.3 Å². The van der Waals surface area contributed by atoms with Gasteiger partial charge < -0.3 is 14.6 Å². The van der Waals surface area contributed by atoms with E-state index < -0.39 is 0 Å². The van der Waals surface area contributed by atoms with E-state index in [0.717, 1.165) is 42.9 Å². The maximum atomic E-state index is 12.4. The van der Waals surface area contributed by atoms with Crippen LogP contribution in [0.2, 0.25) is 0 Å². The first-order valence-electron chi connectivity index (χ1n) is 9.60. The average Bonchev–Trinajstić information content (AvgIpc) is 3.38. The number of rotatable bonds is 3. The van der Waals surface area contributed by atoms with Crippen LogP contribution in [-0.2, 0) is 4.79 Å². The van der Waals surface area contributed by atoms with E-state index >= 15 is 0 Å². The third-order valence-corrected chi connectivity index (χ3v) is 5.70. The molecule has 0 bridgehead atoms. The Kier molecular flexibility index (Phi) is 4.20. The Balaban J connectivity index is 1.45. The maximum absolute atomic E-state index is 12.4. The molecular weight excluding hydrogens is 356 g/mol. The van der Waals surface area contributed by atoms with Crippen LogP contribution in [-0.4, -0.2) is 50.7 Å². The molecule has 0 spiro atoms. The van der Waals surface area contributed by atoms with Crippen LogP contribution in [0.4, 0.5) is 5.82 Å². The lowest BCUT2D eigenvalue weighted by Gasteiger charge is -2.31. The first-order valence-corrected chi connectivity index (χ1v) is 9.60. The van der Waals surface area contributed by atoms with Crippen LogP contribution in [0.15, 0.2) is 41.4 Å².